The van der Waals surface area contributed by atoms with Gasteiger partial charge in [0.1, 0.15) is 10.8 Å². The molecule has 5 rings (SSSR count). The van der Waals surface area contributed by atoms with Crippen LogP contribution in [0.25, 0.3) is 20.8 Å². The van der Waals surface area contributed by atoms with E-state index >= 15 is 0 Å². The van der Waals surface area contributed by atoms with Crippen LogP contribution in [0.2, 0.25) is 5.28 Å². The molecule has 0 saturated carbocycles. The largest absolute Gasteiger partial charge is 0.507 e. The van der Waals surface area contributed by atoms with E-state index in [2.05, 4.69) is 37.1 Å². The van der Waals surface area contributed by atoms with Gasteiger partial charge >= 0.3 is 0 Å². The highest BCUT2D eigenvalue weighted by atomic mass is 35.5. The van der Waals surface area contributed by atoms with E-state index in [1.165, 1.54) is 11.3 Å². The zero-order chi connectivity index (χ0) is 21.4. The van der Waals surface area contributed by atoms with Crippen molar-refractivity contribution < 1.29 is 5.11 Å². The summed E-state index contributed by atoms with van der Waals surface area (Å²) in [4.78, 5) is 19.9. The van der Waals surface area contributed by atoms with E-state index in [9.17, 15) is 5.11 Å². The Morgan fingerprint density at radius 3 is 2.68 bits per heavy atom. The van der Waals surface area contributed by atoms with Crippen molar-refractivity contribution in [3.05, 3.63) is 47.7 Å². The van der Waals surface area contributed by atoms with E-state index in [1.54, 1.807) is 12.1 Å². The van der Waals surface area contributed by atoms with Gasteiger partial charge in [-0.25, -0.2) is 4.98 Å². The van der Waals surface area contributed by atoms with Gasteiger partial charge in [0.15, 0.2) is 0 Å². The molecular formula is C22H21ClN6OS. The van der Waals surface area contributed by atoms with Gasteiger partial charge in [0.2, 0.25) is 17.2 Å². The third kappa shape index (κ3) is 4.26. The smallest absolute Gasteiger partial charge is 0.233 e. The fourth-order valence-electron chi connectivity index (χ4n) is 3.65. The molecule has 1 aliphatic heterocycles. The predicted molar refractivity (Wildman–Crippen MR) is 125 cm³/mol. The predicted octanol–water partition coefficient (Wildman–Crippen LogP) is 5.49. The van der Waals surface area contributed by atoms with Gasteiger partial charge in [-0.15, -0.1) is 11.3 Å². The second-order valence-electron chi connectivity index (χ2n) is 7.74. The van der Waals surface area contributed by atoms with Gasteiger partial charge in [-0.05, 0) is 60.7 Å². The normalized spacial score (nSPS) is 14.8. The third-order valence-electron chi connectivity index (χ3n) is 5.44. The number of rotatable bonds is 4. The first-order chi connectivity index (χ1) is 15.0. The Labute approximate surface area is 188 Å². The number of nitrogens with zero attached hydrogens (tertiary/aromatic N) is 5. The van der Waals surface area contributed by atoms with Gasteiger partial charge in [0.05, 0.1) is 15.8 Å². The number of phenolic OH excluding ortho intramolecular Hbond substituents is 1. The number of phenols is 1. The van der Waals surface area contributed by atoms with Crippen LogP contribution in [0.1, 0.15) is 19.8 Å². The van der Waals surface area contributed by atoms with Crippen LogP contribution >= 0.6 is 22.9 Å². The van der Waals surface area contributed by atoms with Gasteiger partial charge in [-0.1, -0.05) is 19.1 Å². The molecule has 0 atom stereocenters. The van der Waals surface area contributed by atoms with Crippen LogP contribution in [0.4, 0.5) is 17.6 Å². The van der Waals surface area contributed by atoms with Crippen LogP contribution in [0.5, 0.6) is 5.75 Å². The maximum absolute atomic E-state index is 10.4. The Morgan fingerprint density at radius 1 is 1.06 bits per heavy atom. The van der Waals surface area contributed by atoms with Crippen molar-refractivity contribution >= 4 is 50.7 Å². The lowest BCUT2D eigenvalue weighted by Crippen LogP contribution is -2.34. The third-order valence-corrected chi connectivity index (χ3v) is 6.68. The van der Waals surface area contributed by atoms with Gasteiger partial charge in [0.25, 0.3) is 0 Å². The van der Waals surface area contributed by atoms with Crippen LogP contribution in [0, 0.1) is 5.92 Å². The number of para-hydroxylation sites is 1. The summed E-state index contributed by atoms with van der Waals surface area (Å²) in [7, 11) is 0. The number of anilines is 3. The van der Waals surface area contributed by atoms with Crippen LogP contribution in [0.15, 0.2) is 42.5 Å². The molecule has 0 unspecified atom stereocenters. The Kier molecular flexibility index (Phi) is 5.33. The molecule has 1 aliphatic rings. The average Bonchev–Trinajstić information content (AvgIpc) is 3.19. The standard InChI is InChI=1S/C22H21ClN6OS/c1-13-8-10-29(11-9-13)22-27-20(23)26-21(28-22)24-14-6-7-17(30)15(12-14)19-25-16-4-2-3-5-18(16)31-19/h2-7,12-13,30H,8-11H2,1H3,(H,24,26,27,28). The van der Waals surface area contributed by atoms with E-state index in [4.69, 9.17) is 11.6 Å². The molecular weight excluding hydrogens is 432 g/mol. The minimum atomic E-state index is 0.149. The number of thiazole rings is 1. The molecule has 2 aromatic carbocycles. The number of piperidine rings is 1. The molecule has 31 heavy (non-hydrogen) atoms. The van der Waals surface area contributed by atoms with E-state index < -0.39 is 0 Å². The first kappa shape index (κ1) is 20.0. The van der Waals surface area contributed by atoms with Gasteiger partial charge < -0.3 is 15.3 Å². The van der Waals surface area contributed by atoms with E-state index in [0.717, 1.165) is 46.8 Å². The van der Waals surface area contributed by atoms with Crippen molar-refractivity contribution in [1.82, 2.24) is 19.9 Å². The topological polar surface area (TPSA) is 87.1 Å². The van der Waals surface area contributed by atoms with Gasteiger partial charge in [-0.2, -0.15) is 15.0 Å². The van der Waals surface area contributed by atoms with Crippen LogP contribution in [-0.4, -0.2) is 38.1 Å². The lowest BCUT2D eigenvalue weighted by Gasteiger charge is -2.30. The second kappa shape index (κ2) is 8.28. The van der Waals surface area contributed by atoms with Crippen molar-refractivity contribution in [1.29, 1.82) is 0 Å². The van der Waals surface area contributed by atoms with Crippen LogP contribution < -0.4 is 10.2 Å². The molecule has 2 N–H and O–H groups in total. The van der Waals surface area contributed by atoms with Crippen molar-refractivity contribution in [2.75, 3.05) is 23.3 Å². The van der Waals surface area contributed by atoms with E-state index in [1.807, 2.05) is 30.3 Å². The fraction of sp³-hybridized carbons (Fsp3) is 0.273. The number of hydrogen-bond acceptors (Lipinski definition) is 8. The number of hydrogen-bond donors (Lipinski definition) is 2. The molecule has 3 heterocycles. The first-order valence-corrected chi connectivity index (χ1v) is 11.4. The fourth-order valence-corrected chi connectivity index (χ4v) is 4.79. The molecule has 0 amide bonds. The average molecular weight is 453 g/mol. The highest BCUT2D eigenvalue weighted by Gasteiger charge is 2.20. The lowest BCUT2D eigenvalue weighted by atomic mass is 10.00. The monoisotopic (exact) mass is 452 g/mol. The first-order valence-electron chi connectivity index (χ1n) is 10.2. The molecule has 0 spiro atoms. The van der Waals surface area contributed by atoms with Crippen molar-refractivity contribution in [3.63, 3.8) is 0 Å². The Morgan fingerprint density at radius 2 is 1.87 bits per heavy atom. The molecule has 1 saturated heterocycles. The number of nitrogens with one attached hydrogen (secondary N) is 1. The summed E-state index contributed by atoms with van der Waals surface area (Å²) in [6, 6.07) is 13.2. The molecule has 0 bridgehead atoms. The molecule has 7 nitrogen and oxygen atoms in total. The number of aromatic nitrogens is 4. The van der Waals surface area contributed by atoms with Crippen LogP contribution in [0.3, 0.4) is 0 Å². The Bertz CT molecular complexity index is 1200. The molecule has 0 aliphatic carbocycles. The number of aromatic hydroxyl groups is 1. The molecule has 9 heteroatoms. The van der Waals surface area contributed by atoms with Crippen LogP contribution in [-0.2, 0) is 0 Å². The van der Waals surface area contributed by atoms with Crippen molar-refractivity contribution in [2.45, 2.75) is 19.8 Å². The Hall–Kier alpha value is -2.97. The zero-order valence-electron chi connectivity index (χ0n) is 16.9. The Balaban J connectivity index is 1.43. The summed E-state index contributed by atoms with van der Waals surface area (Å²) in [5.41, 5.74) is 2.29. The summed E-state index contributed by atoms with van der Waals surface area (Å²) < 4.78 is 1.07. The maximum atomic E-state index is 10.4. The highest BCUT2D eigenvalue weighted by Crippen LogP contribution is 2.37. The molecule has 1 fully saturated rings. The molecule has 158 valence electrons. The molecule has 2 aromatic heterocycles. The summed E-state index contributed by atoms with van der Waals surface area (Å²) >= 11 is 7.72. The second-order valence-corrected chi connectivity index (χ2v) is 9.11. The maximum Gasteiger partial charge on any atom is 0.233 e. The van der Waals surface area contributed by atoms with Crippen molar-refractivity contribution in [3.8, 4) is 16.3 Å². The van der Waals surface area contributed by atoms with Gasteiger partial charge in [0, 0.05) is 18.8 Å². The summed E-state index contributed by atoms with van der Waals surface area (Å²) in [5.74, 6) is 1.83. The summed E-state index contributed by atoms with van der Waals surface area (Å²) in [6.07, 6.45) is 2.21. The van der Waals surface area contributed by atoms with E-state index in [-0.39, 0.29) is 11.0 Å². The number of fused-ring (bicyclic) bond motifs is 1. The van der Waals surface area contributed by atoms with Crippen molar-refractivity contribution in [2.24, 2.45) is 5.92 Å². The minimum Gasteiger partial charge on any atom is -0.507 e. The van der Waals surface area contributed by atoms with Gasteiger partial charge in [-0.3, -0.25) is 0 Å². The lowest BCUT2D eigenvalue weighted by molar-refractivity contribution is 0.434. The summed E-state index contributed by atoms with van der Waals surface area (Å²) in [5, 5.41) is 14.5. The SMILES string of the molecule is CC1CCN(c2nc(Cl)nc(Nc3ccc(O)c(-c4nc5ccccc5s4)c3)n2)CC1. The van der Waals surface area contributed by atoms with E-state index in [0.29, 0.717) is 23.4 Å². The number of halogens is 1. The minimum absolute atomic E-state index is 0.149. The highest BCUT2D eigenvalue weighted by molar-refractivity contribution is 7.21. The molecule has 4 aromatic rings. The summed E-state index contributed by atoms with van der Waals surface area (Å²) in [6.45, 7) is 4.07. The molecule has 0 radical (unpaired) electrons. The zero-order valence-corrected chi connectivity index (χ0v) is 18.5. The quantitative estimate of drug-likeness (QED) is 0.396. The number of benzene rings is 2.